The molecule has 7 nitrogen and oxygen atoms in total. The van der Waals surface area contributed by atoms with Crippen molar-refractivity contribution in [3.63, 3.8) is 0 Å². The molecule has 174 valence electrons. The average molecular weight is 467 g/mol. The molecule has 33 heavy (non-hydrogen) atoms. The quantitative estimate of drug-likeness (QED) is 0.245. The maximum absolute atomic E-state index is 13.1. The number of ketones is 1. The first-order valence-corrected chi connectivity index (χ1v) is 12.1. The Balaban J connectivity index is 1.49. The van der Waals surface area contributed by atoms with Crippen LogP contribution in [0.15, 0.2) is 48.1 Å². The number of aromatic nitrogens is 4. The monoisotopic (exact) mass is 466 g/mol. The van der Waals surface area contributed by atoms with E-state index in [4.69, 9.17) is 9.47 Å². The number of rotatable bonds is 10. The first-order chi connectivity index (χ1) is 16.0. The Morgan fingerprint density at radius 1 is 1.27 bits per heavy atom. The first kappa shape index (κ1) is 23.3. The minimum Gasteiger partial charge on any atom is -0.497 e. The first-order valence-electron chi connectivity index (χ1n) is 11.1. The molecule has 1 fully saturated rings. The molecule has 3 aromatic rings. The standard InChI is InChI=1S/C25H30N4O3S/c1-5-12-28-24(19-8-10-20(31-4)11-9-19)26-27-25(28)33-16-23(30)22-14-17(2)29(18(22)3)15-21-7-6-13-32-21/h5,8-11,14,21H,1,6-7,12-13,15-16H2,2-4H3. The zero-order chi connectivity index (χ0) is 23.4. The van der Waals surface area contributed by atoms with E-state index < -0.39 is 0 Å². The molecule has 8 heteroatoms. The molecule has 1 atom stereocenters. The number of carbonyl (C=O) groups is 1. The SMILES string of the molecule is C=CCn1c(SCC(=O)c2cc(C)n(CC3CCCO3)c2C)nnc1-c1ccc(OC)cc1. The van der Waals surface area contributed by atoms with E-state index in [1.807, 2.05) is 48.7 Å². The summed E-state index contributed by atoms with van der Waals surface area (Å²) in [5.74, 6) is 1.90. The fourth-order valence-electron chi connectivity index (χ4n) is 4.21. The Labute approximate surface area is 198 Å². The second kappa shape index (κ2) is 10.4. The van der Waals surface area contributed by atoms with Crippen molar-refractivity contribution in [3.8, 4) is 17.1 Å². The van der Waals surface area contributed by atoms with Gasteiger partial charge in [0.25, 0.3) is 0 Å². The van der Waals surface area contributed by atoms with Gasteiger partial charge in [-0.15, -0.1) is 16.8 Å². The molecule has 2 aromatic heterocycles. The van der Waals surface area contributed by atoms with Crippen molar-refractivity contribution in [2.45, 2.75) is 51.0 Å². The highest BCUT2D eigenvalue weighted by Crippen LogP contribution is 2.27. The Morgan fingerprint density at radius 2 is 2.06 bits per heavy atom. The van der Waals surface area contributed by atoms with Crippen LogP contribution < -0.4 is 4.74 Å². The summed E-state index contributed by atoms with van der Waals surface area (Å²) in [5.41, 5.74) is 3.79. The third-order valence-corrected chi connectivity index (χ3v) is 6.96. The van der Waals surface area contributed by atoms with Gasteiger partial charge < -0.3 is 14.0 Å². The summed E-state index contributed by atoms with van der Waals surface area (Å²) in [6.07, 6.45) is 4.23. The third kappa shape index (κ3) is 5.07. The number of methoxy groups -OCH3 is 1. The topological polar surface area (TPSA) is 71.2 Å². The maximum Gasteiger partial charge on any atom is 0.192 e. The number of benzene rings is 1. The highest BCUT2D eigenvalue weighted by atomic mass is 32.2. The Morgan fingerprint density at radius 3 is 2.73 bits per heavy atom. The normalized spacial score (nSPS) is 15.7. The van der Waals surface area contributed by atoms with E-state index in [9.17, 15) is 4.79 Å². The van der Waals surface area contributed by atoms with Gasteiger partial charge in [-0.2, -0.15) is 0 Å². The predicted molar refractivity (Wildman–Crippen MR) is 130 cm³/mol. The van der Waals surface area contributed by atoms with Crippen LogP contribution in [0.4, 0.5) is 0 Å². The number of Topliss-reactive ketones (excluding diaryl/α,β-unsaturated/α-hetero) is 1. The summed E-state index contributed by atoms with van der Waals surface area (Å²) in [5, 5.41) is 9.43. The highest BCUT2D eigenvalue weighted by molar-refractivity contribution is 7.99. The molecule has 0 radical (unpaired) electrons. The van der Waals surface area contributed by atoms with Gasteiger partial charge in [-0.1, -0.05) is 17.8 Å². The number of carbonyl (C=O) groups excluding carboxylic acids is 1. The van der Waals surface area contributed by atoms with Crippen LogP contribution in [0.3, 0.4) is 0 Å². The van der Waals surface area contributed by atoms with Crippen LogP contribution in [-0.4, -0.2) is 50.7 Å². The van der Waals surface area contributed by atoms with Gasteiger partial charge >= 0.3 is 0 Å². The third-order valence-electron chi connectivity index (χ3n) is 5.99. The second-order valence-electron chi connectivity index (χ2n) is 8.18. The van der Waals surface area contributed by atoms with Crippen LogP contribution in [0.5, 0.6) is 5.75 Å². The van der Waals surface area contributed by atoms with Gasteiger partial charge in [0.2, 0.25) is 0 Å². The molecular weight excluding hydrogens is 436 g/mol. The van der Waals surface area contributed by atoms with E-state index in [0.29, 0.717) is 17.5 Å². The number of hydrogen-bond donors (Lipinski definition) is 0. The molecule has 0 aliphatic carbocycles. The smallest absolute Gasteiger partial charge is 0.192 e. The molecular formula is C25H30N4O3S. The largest absolute Gasteiger partial charge is 0.497 e. The van der Waals surface area contributed by atoms with Crippen LogP contribution in [-0.2, 0) is 17.8 Å². The zero-order valence-electron chi connectivity index (χ0n) is 19.4. The molecule has 1 aliphatic rings. The van der Waals surface area contributed by atoms with Crippen molar-refractivity contribution < 1.29 is 14.3 Å². The minimum atomic E-state index is 0.0887. The number of aryl methyl sites for hydroxylation is 1. The lowest BCUT2D eigenvalue weighted by atomic mass is 10.2. The number of allylic oxidation sites excluding steroid dienone is 1. The predicted octanol–water partition coefficient (Wildman–Crippen LogP) is 4.71. The maximum atomic E-state index is 13.1. The summed E-state index contributed by atoms with van der Waals surface area (Å²) in [7, 11) is 1.64. The van der Waals surface area contributed by atoms with Crippen molar-refractivity contribution in [3.05, 3.63) is 59.9 Å². The molecule has 0 saturated carbocycles. The van der Waals surface area contributed by atoms with Crippen LogP contribution in [0, 0.1) is 13.8 Å². The molecule has 0 bridgehead atoms. The van der Waals surface area contributed by atoms with Crippen molar-refractivity contribution in [1.82, 2.24) is 19.3 Å². The number of nitrogens with zero attached hydrogens (tertiary/aromatic N) is 4. The summed E-state index contributed by atoms with van der Waals surface area (Å²) < 4.78 is 15.2. The fraction of sp³-hybridized carbons (Fsp3) is 0.400. The van der Waals surface area contributed by atoms with Crippen LogP contribution in [0.2, 0.25) is 0 Å². The van der Waals surface area contributed by atoms with E-state index in [1.165, 1.54) is 11.8 Å². The summed E-state index contributed by atoms with van der Waals surface area (Å²) in [6, 6.07) is 9.68. The van der Waals surface area contributed by atoms with Gasteiger partial charge in [-0.05, 0) is 57.0 Å². The molecule has 0 amide bonds. The average Bonchev–Trinajstić information content (AvgIpc) is 3.55. The van der Waals surface area contributed by atoms with E-state index in [2.05, 4.69) is 21.3 Å². The van der Waals surface area contributed by atoms with Crippen molar-refractivity contribution in [2.24, 2.45) is 0 Å². The number of ether oxygens (including phenoxy) is 2. The lowest BCUT2D eigenvalue weighted by molar-refractivity contribution is 0.0957. The van der Waals surface area contributed by atoms with Gasteiger partial charge in [-0.25, -0.2) is 0 Å². The molecule has 0 spiro atoms. The summed E-state index contributed by atoms with van der Waals surface area (Å²) in [4.78, 5) is 13.1. The zero-order valence-corrected chi connectivity index (χ0v) is 20.2. The molecule has 1 aliphatic heterocycles. The molecule has 1 saturated heterocycles. The van der Waals surface area contributed by atoms with Gasteiger partial charge in [0, 0.05) is 42.2 Å². The van der Waals surface area contributed by atoms with Crippen molar-refractivity contribution in [2.75, 3.05) is 19.5 Å². The second-order valence-corrected chi connectivity index (χ2v) is 9.12. The fourth-order valence-corrected chi connectivity index (χ4v) is 5.04. The van der Waals surface area contributed by atoms with Gasteiger partial charge in [0.05, 0.1) is 19.0 Å². The lowest BCUT2D eigenvalue weighted by Gasteiger charge is -2.14. The molecule has 0 N–H and O–H groups in total. The highest BCUT2D eigenvalue weighted by Gasteiger charge is 2.22. The van der Waals surface area contributed by atoms with Crippen molar-refractivity contribution in [1.29, 1.82) is 0 Å². The van der Waals surface area contributed by atoms with Crippen LogP contribution in [0.25, 0.3) is 11.4 Å². The van der Waals surface area contributed by atoms with Crippen LogP contribution >= 0.6 is 11.8 Å². The van der Waals surface area contributed by atoms with Gasteiger partial charge in [0.1, 0.15) is 5.75 Å². The van der Waals surface area contributed by atoms with Gasteiger partial charge in [-0.3, -0.25) is 9.36 Å². The van der Waals surface area contributed by atoms with E-state index in [0.717, 1.165) is 60.1 Å². The lowest BCUT2D eigenvalue weighted by Crippen LogP contribution is -2.17. The van der Waals surface area contributed by atoms with E-state index in [1.54, 1.807) is 13.2 Å². The molecule has 1 unspecified atom stereocenters. The van der Waals surface area contributed by atoms with Crippen molar-refractivity contribution >= 4 is 17.5 Å². The Kier molecular flexibility index (Phi) is 7.35. The molecule has 4 rings (SSSR count). The van der Waals surface area contributed by atoms with Crippen LogP contribution in [0.1, 0.15) is 34.6 Å². The minimum absolute atomic E-state index is 0.0887. The summed E-state index contributed by atoms with van der Waals surface area (Å²) in [6.45, 7) is 10.1. The molecule has 3 heterocycles. The molecule has 1 aromatic carbocycles. The van der Waals surface area contributed by atoms with E-state index >= 15 is 0 Å². The Hall–Kier alpha value is -2.84. The van der Waals surface area contributed by atoms with E-state index in [-0.39, 0.29) is 11.9 Å². The summed E-state index contributed by atoms with van der Waals surface area (Å²) >= 11 is 1.40. The number of thioether (sulfide) groups is 1. The number of hydrogen-bond acceptors (Lipinski definition) is 6. The van der Waals surface area contributed by atoms with Gasteiger partial charge in [0.15, 0.2) is 16.8 Å². The Bertz CT molecular complexity index is 1130.